The van der Waals surface area contributed by atoms with E-state index in [-0.39, 0.29) is 30.7 Å². The van der Waals surface area contributed by atoms with Gasteiger partial charge < -0.3 is 10.8 Å². The number of nitrogens with zero attached hydrogens (tertiary/aromatic N) is 1. The maximum Gasteiger partial charge on any atom is 0.119 e. The van der Waals surface area contributed by atoms with Crippen LogP contribution in [-0.4, -0.2) is 35.2 Å². The van der Waals surface area contributed by atoms with Gasteiger partial charge in [-0.15, -0.1) is 24.8 Å². The zero-order chi connectivity index (χ0) is 19.8. The molecule has 1 atom stereocenters. The lowest BCUT2D eigenvalue weighted by molar-refractivity contribution is 0.170. The standard InChI is InChI=1S/C24H36N2O.2ClH/c1-18(2)26(19(3)4)16-14-22(21-10-6-5-7-11-21)23-17-20(9-8-15-25)12-13-24(23)27;;/h5-7,10-13,17-19,22,27H,8-9,14-16,25H2,1-4H3;2*1H. The monoisotopic (exact) mass is 440 g/mol. The highest BCUT2D eigenvalue weighted by Crippen LogP contribution is 2.35. The number of halogens is 2. The quantitative estimate of drug-likeness (QED) is 0.492. The van der Waals surface area contributed by atoms with Gasteiger partial charge in [0.15, 0.2) is 0 Å². The van der Waals surface area contributed by atoms with Gasteiger partial charge in [0.05, 0.1) is 0 Å². The minimum Gasteiger partial charge on any atom is -0.508 e. The van der Waals surface area contributed by atoms with Crippen molar-refractivity contribution in [1.29, 1.82) is 0 Å². The molecule has 0 bridgehead atoms. The van der Waals surface area contributed by atoms with Crippen LogP contribution in [0.2, 0.25) is 0 Å². The molecule has 3 N–H and O–H groups in total. The molecule has 0 saturated carbocycles. The van der Waals surface area contributed by atoms with Crippen molar-refractivity contribution >= 4 is 24.8 Å². The summed E-state index contributed by atoms with van der Waals surface area (Å²) in [6, 6.07) is 17.6. The van der Waals surface area contributed by atoms with Crippen molar-refractivity contribution in [1.82, 2.24) is 4.90 Å². The lowest BCUT2D eigenvalue weighted by atomic mass is 9.86. The van der Waals surface area contributed by atoms with Crippen molar-refractivity contribution in [3.63, 3.8) is 0 Å². The Morgan fingerprint density at radius 3 is 2.10 bits per heavy atom. The van der Waals surface area contributed by atoms with Crippen molar-refractivity contribution in [3.8, 4) is 5.75 Å². The fraction of sp³-hybridized carbons (Fsp3) is 0.500. The minimum absolute atomic E-state index is 0. The normalized spacial score (nSPS) is 12.0. The third-order valence-corrected chi connectivity index (χ3v) is 5.34. The van der Waals surface area contributed by atoms with E-state index in [1.807, 2.05) is 18.2 Å². The Morgan fingerprint density at radius 2 is 1.55 bits per heavy atom. The Balaban J connectivity index is 0.00000392. The highest BCUT2D eigenvalue weighted by Gasteiger charge is 2.21. The van der Waals surface area contributed by atoms with E-state index in [1.54, 1.807) is 0 Å². The van der Waals surface area contributed by atoms with Gasteiger partial charge in [-0.2, -0.15) is 0 Å². The summed E-state index contributed by atoms with van der Waals surface area (Å²) in [5, 5.41) is 10.6. The van der Waals surface area contributed by atoms with Gasteiger partial charge in [-0.25, -0.2) is 0 Å². The first kappa shape index (κ1) is 27.7. The highest BCUT2D eigenvalue weighted by molar-refractivity contribution is 5.85. The molecular formula is C24H38Cl2N2O. The molecule has 0 aliphatic carbocycles. The van der Waals surface area contributed by atoms with Crippen LogP contribution in [0.5, 0.6) is 5.75 Å². The van der Waals surface area contributed by atoms with Gasteiger partial charge in [0.2, 0.25) is 0 Å². The molecule has 0 fully saturated rings. The van der Waals surface area contributed by atoms with Gasteiger partial charge >= 0.3 is 0 Å². The van der Waals surface area contributed by atoms with Crippen LogP contribution in [-0.2, 0) is 6.42 Å². The summed E-state index contributed by atoms with van der Waals surface area (Å²) in [6.07, 6.45) is 2.90. The number of phenolic OH excluding ortho intramolecular Hbond substituents is 1. The maximum absolute atomic E-state index is 10.6. The van der Waals surface area contributed by atoms with Crippen LogP contribution < -0.4 is 5.73 Å². The van der Waals surface area contributed by atoms with E-state index in [0.717, 1.165) is 31.4 Å². The number of hydrogen-bond acceptors (Lipinski definition) is 3. The van der Waals surface area contributed by atoms with Crippen LogP contribution in [0.4, 0.5) is 0 Å². The number of rotatable bonds is 10. The summed E-state index contributed by atoms with van der Waals surface area (Å²) in [6.45, 7) is 10.7. The van der Waals surface area contributed by atoms with Crippen LogP contribution >= 0.6 is 24.8 Å². The van der Waals surface area contributed by atoms with E-state index >= 15 is 0 Å². The predicted octanol–water partition coefficient (Wildman–Crippen LogP) is 5.77. The van der Waals surface area contributed by atoms with E-state index in [4.69, 9.17) is 5.73 Å². The number of hydrogen-bond donors (Lipinski definition) is 2. The van der Waals surface area contributed by atoms with E-state index in [1.165, 1.54) is 11.1 Å². The molecule has 0 spiro atoms. The van der Waals surface area contributed by atoms with Crippen molar-refractivity contribution < 1.29 is 5.11 Å². The Hall–Kier alpha value is -1.26. The fourth-order valence-corrected chi connectivity index (χ4v) is 3.92. The molecule has 0 heterocycles. The lowest BCUT2D eigenvalue weighted by Gasteiger charge is -2.32. The van der Waals surface area contributed by atoms with Crippen LogP contribution in [0.15, 0.2) is 48.5 Å². The Kier molecular flexibility index (Phi) is 13.3. The molecule has 164 valence electrons. The second-order valence-electron chi connectivity index (χ2n) is 7.96. The number of aryl methyl sites for hydroxylation is 1. The van der Waals surface area contributed by atoms with Gasteiger partial charge in [0.1, 0.15) is 5.75 Å². The molecule has 29 heavy (non-hydrogen) atoms. The average Bonchev–Trinajstić information content (AvgIpc) is 2.65. The van der Waals surface area contributed by atoms with E-state index in [9.17, 15) is 5.11 Å². The zero-order valence-corrected chi connectivity index (χ0v) is 19.8. The Morgan fingerprint density at radius 1 is 0.931 bits per heavy atom. The van der Waals surface area contributed by atoms with Crippen LogP contribution in [0.25, 0.3) is 0 Å². The molecule has 2 aromatic carbocycles. The second kappa shape index (κ2) is 13.9. The summed E-state index contributed by atoms with van der Waals surface area (Å²) in [4.78, 5) is 2.52. The third kappa shape index (κ3) is 8.18. The molecule has 0 saturated heterocycles. The first-order valence-corrected chi connectivity index (χ1v) is 10.3. The maximum atomic E-state index is 10.6. The molecule has 0 radical (unpaired) electrons. The smallest absolute Gasteiger partial charge is 0.119 e. The SMILES string of the molecule is CC(C)N(CCC(c1ccccc1)c1cc(CCCN)ccc1O)C(C)C.Cl.Cl. The van der Waals surface area contributed by atoms with E-state index in [0.29, 0.717) is 24.4 Å². The summed E-state index contributed by atoms with van der Waals surface area (Å²) >= 11 is 0. The Bertz CT molecular complexity index is 685. The van der Waals surface area contributed by atoms with E-state index in [2.05, 4.69) is 62.9 Å². The molecule has 2 aromatic rings. The molecule has 2 rings (SSSR count). The Labute approximate surface area is 189 Å². The number of aromatic hydroxyl groups is 1. The number of nitrogens with two attached hydrogens (primary N) is 1. The topological polar surface area (TPSA) is 49.5 Å². The van der Waals surface area contributed by atoms with Crippen molar-refractivity contribution in [2.45, 2.75) is 65.0 Å². The largest absolute Gasteiger partial charge is 0.508 e. The summed E-state index contributed by atoms with van der Waals surface area (Å²) in [7, 11) is 0. The molecule has 0 aliphatic rings. The molecule has 1 unspecified atom stereocenters. The van der Waals surface area contributed by atoms with Crippen molar-refractivity contribution in [2.24, 2.45) is 5.73 Å². The van der Waals surface area contributed by atoms with Gasteiger partial charge in [0, 0.05) is 23.6 Å². The van der Waals surface area contributed by atoms with Gasteiger partial charge in [-0.05, 0) is 77.2 Å². The minimum atomic E-state index is 0. The van der Waals surface area contributed by atoms with Gasteiger partial charge in [-0.3, -0.25) is 4.90 Å². The van der Waals surface area contributed by atoms with Crippen LogP contribution in [0.1, 0.15) is 63.1 Å². The second-order valence-corrected chi connectivity index (χ2v) is 7.96. The summed E-state index contributed by atoms with van der Waals surface area (Å²) in [5.41, 5.74) is 9.22. The number of phenols is 1. The third-order valence-electron chi connectivity index (χ3n) is 5.34. The first-order chi connectivity index (χ1) is 12.9. The highest BCUT2D eigenvalue weighted by atomic mass is 35.5. The molecule has 5 heteroatoms. The molecule has 0 aromatic heterocycles. The predicted molar refractivity (Wildman–Crippen MR) is 130 cm³/mol. The van der Waals surface area contributed by atoms with Crippen molar-refractivity contribution in [2.75, 3.05) is 13.1 Å². The zero-order valence-electron chi connectivity index (χ0n) is 18.2. The lowest BCUT2D eigenvalue weighted by Crippen LogP contribution is -2.38. The van der Waals surface area contributed by atoms with Crippen molar-refractivity contribution in [3.05, 3.63) is 65.2 Å². The average molecular weight is 441 g/mol. The summed E-state index contributed by atoms with van der Waals surface area (Å²) in [5.74, 6) is 0.574. The molecule has 0 aliphatic heterocycles. The summed E-state index contributed by atoms with van der Waals surface area (Å²) < 4.78 is 0. The molecular weight excluding hydrogens is 403 g/mol. The van der Waals surface area contributed by atoms with E-state index < -0.39 is 0 Å². The van der Waals surface area contributed by atoms with Gasteiger partial charge in [-0.1, -0.05) is 42.5 Å². The molecule has 3 nitrogen and oxygen atoms in total. The first-order valence-electron chi connectivity index (χ1n) is 10.3. The van der Waals surface area contributed by atoms with Gasteiger partial charge in [0.25, 0.3) is 0 Å². The fourth-order valence-electron chi connectivity index (χ4n) is 3.92. The van der Waals surface area contributed by atoms with Crippen LogP contribution in [0.3, 0.4) is 0 Å². The van der Waals surface area contributed by atoms with Crippen LogP contribution in [0, 0.1) is 0 Å². The molecule has 0 amide bonds. The number of benzene rings is 2.